The Morgan fingerprint density at radius 3 is 2.81 bits per heavy atom. The highest BCUT2D eigenvalue weighted by Crippen LogP contribution is 2.22. The van der Waals surface area contributed by atoms with Crippen LogP contribution in [0.4, 0.5) is 5.95 Å². The van der Waals surface area contributed by atoms with Crippen LogP contribution in [0.3, 0.4) is 0 Å². The molecule has 0 bridgehead atoms. The van der Waals surface area contributed by atoms with E-state index in [9.17, 15) is 4.79 Å². The van der Waals surface area contributed by atoms with Crippen molar-refractivity contribution in [3.8, 4) is 0 Å². The van der Waals surface area contributed by atoms with E-state index in [1.807, 2.05) is 18.7 Å². The van der Waals surface area contributed by atoms with Gasteiger partial charge in [0.2, 0.25) is 11.9 Å². The van der Waals surface area contributed by atoms with Crippen LogP contribution in [0.25, 0.3) is 0 Å². The molecule has 1 aliphatic rings. The number of carbonyl (C=O) groups excluding carboxylic acids is 1. The van der Waals surface area contributed by atoms with Crippen LogP contribution in [-0.4, -0.2) is 46.2 Å². The third-order valence-corrected chi connectivity index (χ3v) is 3.94. The van der Waals surface area contributed by atoms with Gasteiger partial charge in [0.1, 0.15) is 6.04 Å². The molecule has 6 heteroatoms. The number of anilines is 1. The number of rotatable bonds is 6. The van der Waals surface area contributed by atoms with Crippen LogP contribution >= 0.6 is 0 Å². The summed E-state index contributed by atoms with van der Waals surface area (Å²) in [4.78, 5) is 23.0. The second-order valence-electron chi connectivity index (χ2n) is 5.77. The molecule has 0 radical (unpaired) electrons. The molecule has 0 saturated carbocycles. The summed E-state index contributed by atoms with van der Waals surface area (Å²) in [6, 6.07) is 1.55. The lowest BCUT2D eigenvalue weighted by molar-refractivity contribution is -0.123. The van der Waals surface area contributed by atoms with Crippen LogP contribution in [0.2, 0.25) is 0 Å². The Morgan fingerprint density at radius 1 is 1.48 bits per heavy atom. The first-order valence-electron chi connectivity index (χ1n) is 7.58. The molecule has 2 atom stereocenters. The highest BCUT2D eigenvalue weighted by Gasteiger charge is 2.33. The molecule has 1 aromatic heterocycles. The van der Waals surface area contributed by atoms with E-state index < -0.39 is 0 Å². The predicted molar refractivity (Wildman–Crippen MR) is 80.9 cm³/mol. The van der Waals surface area contributed by atoms with Crippen LogP contribution in [0.1, 0.15) is 33.1 Å². The molecule has 116 valence electrons. The Morgan fingerprint density at radius 2 is 2.19 bits per heavy atom. The lowest BCUT2D eigenvalue weighted by Gasteiger charge is -2.27. The van der Waals surface area contributed by atoms with Crippen molar-refractivity contribution in [2.75, 3.05) is 18.1 Å². The number of amides is 1. The maximum Gasteiger partial charge on any atom is 0.243 e. The van der Waals surface area contributed by atoms with Gasteiger partial charge in [0.25, 0.3) is 0 Å². The second-order valence-corrected chi connectivity index (χ2v) is 5.77. The van der Waals surface area contributed by atoms with Crippen molar-refractivity contribution in [1.82, 2.24) is 15.3 Å². The maximum absolute atomic E-state index is 12.5. The van der Waals surface area contributed by atoms with Gasteiger partial charge in [0, 0.05) is 31.6 Å². The van der Waals surface area contributed by atoms with Gasteiger partial charge in [0.05, 0.1) is 0 Å². The number of carbonyl (C=O) groups is 1. The van der Waals surface area contributed by atoms with Gasteiger partial charge in [-0.3, -0.25) is 4.79 Å². The van der Waals surface area contributed by atoms with Gasteiger partial charge in [-0.05, 0) is 31.2 Å². The Labute approximate surface area is 125 Å². The van der Waals surface area contributed by atoms with Crippen LogP contribution in [0.15, 0.2) is 18.5 Å². The van der Waals surface area contributed by atoms with Gasteiger partial charge in [-0.25, -0.2) is 9.97 Å². The van der Waals surface area contributed by atoms with E-state index >= 15 is 0 Å². The summed E-state index contributed by atoms with van der Waals surface area (Å²) in [5.74, 6) is 0.912. The number of nitrogens with one attached hydrogen (secondary N) is 1. The normalized spacial score (nSPS) is 19.8. The van der Waals surface area contributed by atoms with Crippen molar-refractivity contribution in [1.29, 1.82) is 0 Å². The molecule has 0 aliphatic carbocycles. The molecule has 2 unspecified atom stereocenters. The Hall–Kier alpha value is -1.69. The fourth-order valence-corrected chi connectivity index (χ4v) is 2.71. The van der Waals surface area contributed by atoms with Gasteiger partial charge in [-0.2, -0.15) is 0 Å². The summed E-state index contributed by atoms with van der Waals surface area (Å²) in [5, 5.41) is 12.2. The molecule has 1 fully saturated rings. The SMILES string of the molecule is CC(C)C(CCO)NC(=O)C1CCCN1c1ncccn1. The van der Waals surface area contributed by atoms with Crippen LogP contribution < -0.4 is 10.2 Å². The van der Waals surface area contributed by atoms with Crippen molar-refractivity contribution < 1.29 is 9.90 Å². The fourth-order valence-electron chi connectivity index (χ4n) is 2.71. The van der Waals surface area contributed by atoms with E-state index in [2.05, 4.69) is 15.3 Å². The average Bonchev–Trinajstić information content (AvgIpc) is 2.97. The van der Waals surface area contributed by atoms with Gasteiger partial charge in [0.15, 0.2) is 0 Å². The van der Waals surface area contributed by atoms with Crippen molar-refractivity contribution >= 4 is 11.9 Å². The molecule has 1 amide bonds. The third-order valence-electron chi connectivity index (χ3n) is 3.94. The number of aliphatic hydroxyl groups excluding tert-OH is 1. The molecule has 1 saturated heterocycles. The Bertz CT molecular complexity index is 452. The fraction of sp³-hybridized carbons (Fsp3) is 0.667. The van der Waals surface area contributed by atoms with Crippen LogP contribution in [-0.2, 0) is 4.79 Å². The van der Waals surface area contributed by atoms with Crippen molar-refractivity contribution in [2.24, 2.45) is 5.92 Å². The first-order chi connectivity index (χ1) is 10.1. The summed E-state index contributed by atoms with van der Waals surface area (Å²) in [7, 11) is 0. The quantitative estimate of drug-likeness (QED) is 0.817. The zero-order valence-corrected chi connectivity index (χ0v) is 12.7. The second kappa shape index (κ2) is 7.36. The van der Waals surface area contributed by atoms with Crippen molar-refractivity contribution in [3.63, 3.8) is 0 Å². The number of nitrogens with zero attached hydrogens (tertiary/aromatic N) is 3. The van der Waals surface area contributed by atoms with Gasteiger partial charge in [-0.1, -0.05) is 13.8 Å². The summed E-state index contributed by atoms with van der Waals surface area (Å²) < 4.78 is 0. The highest BCUT2D eigenvalue weighted by atomic mass is 16.3. The maximum atomic E-state index is 12.5. The Balaban J connectivity index is 2.04. The molecule has 0 aromatic carbocycles. The lowest BCUT2D eigenvalue weighted by Crippen LogP contribution is -2.49. The number of hydrogen-bond donors (Lipinski definition) is 2. The first kappa shape index (κ1) is 15.7. The van der Waals surface area contributed by atoms with E-state index in [0.29, 0.717) is 18.3 Å². The predicted octanol–water partition coefficient (Wildman–Crippen LogP) is 0.969. The molecular weight excluding hydrogens is 268 g/mol. The largest absolute Gasteiger partial charge is 0.396 e. The van der Waals surface area contributed by atoms with Gasteiger partial charge in [-0.15, -0.1) is 0 Å². The summed E-state index contributed by atoms with van der Waals surface area (Å²) in [5.41, 5.74) is 0. The molecule has 2 N–H and O–H groups in total. The van der Waals surface area contributed by atoms with Gasteiger partial charge >= 0.3 is 0 Å². The number of hydrogen-bond acceptors (Lipinski definition) is 5. The number of aliphatic hydroxyl groups is 1. The zero-order chi connectivity index (χ0) is 15.2. The Kier molecular flexibility index (Phi) is 5.50. The van der Waals surface area contributed by atoms with E-state index in [1.54, 1.807) is 18.5 Å². The standard InChI is InChI=1S/C15H24N4O2/c1-11(2)12(6-10-20)18-14(21)13-5-3-9-19(13)15-16-7-4-8-17-15/h4,7-8,11-13,20H,3,5-6,9-10H2,1-2H3,(H,18,21). The molecular formula is C15H24N4O2. The van der Waals surface area contributed by atoms with Crippen LogP contribution in [0, 0.1) is 5.92 Å². The zero-order valence-electron chi connectivity index (χ0n) is 12.7. The molecule has 21 heavy (non-hydrogen) atoms. The molecule has 2 heterocycles. The summed E-state index contributed by atoms with van der Waals surface area (Å²) >= 11 is 0. The molecule has 6 nitrogen and oxygen atoms in total. The summed E-state index contributed by atoms with van der Waals surface area (Å²) in [6.07, 6.45) is 5.74. The van der Waals surface area contributed by atoms with Crippen molar-refractivity contribution in [3.05, 3.63) is 18.5 Å². The van der Waals surface area contributed by atoms with E-state index in [1.165, 1.54) is 0 Å². The van der Waals surface area contributed by atoms with E-state index in [0.717, 1.165) is 19.4 Å². The minimum Gasteiger partial charge on any atom is -0.396 e. The first-order valence-corrected chi connectivity index (χ1v) is 7.58. The molecule has 2 rings (SSSR count). The molecule has 0 spiro atoms. The minimum absolute atomic E-state index is 0.00152. The van der Waals surface area contributed by atoms with Crippen molar-refractivity contribution in [2.45, 2.75) is 45.2 Å². The monoisotopic (exact) mass is 292 g/mol. The van der Waals surface area contributed by atoms with Gasteiger partial charge < -0.3 is 15.3 Å². The lowest BCUT2D eigenvalue weighted by atomic mass is 10.0. The van der Waals surface area contributed by atoms with E-state index in [4.69, 9.17) is 5.11 Å². The third kappa shape index (κ3) is 3.91. The topological polar surface area (TPSA) is 78.4 Å². The minimum atomic E-state index is -0.215. The van der Waals surface area contributed by atoms with E-state index in [-0.39, 0.29) is 24.6 Å². The molecule has 1 aliphatic heterocycles. The molecule has 1 aromatic rings. The highest BCUT2D eigenvalue weighted by molar-refractivity contribution is 5.85. The smallest absolute Gasteiger partial charge is 0.243 e. The summed E-state index contributed by atoms with van der Waals surface area (Å²) in [6.45, 7) is 4.98. The van der Waals surface area contributed by atoms with Crippen LogP contribution in [0.5, 0.6) is 0 Å². The average molecular weight is 292 g/mol. The number of aromatic nitrogens is 2.